The van der Waals surface area contributed by atoms with E-state index in [1.165, 1.54) is 6.07 Å². The number of rotatable bonds is 2. The Hall–Kier alpha value is -3.00. The molecule has 5 heteroatoms. The summed E-state index contributed by atoms with van der Waals surface area (Å²) in [6.45, 7) is 0. The third kappa shape index (κ3) is 2.27. The van der Waals surface area contributed by atoms with Crippen LogP contribution in [0.25, 0.3) is 17.1 Å². The average molecular weight is 264 g/mol. The summed E-state index contributed by atoms with van der Waals surface area (Å²) < 4.78 is 14.6. The molecule has 0 radical (unpaired) electrons. The minimum atomic E-state index is -0.380. The van der Waals surface area contributed by atoms with Crippen molar-refractivity contribution < 1.29 is 4.39 Å². The van der Waals surface area contributed by atoms with Crippen LogP contribution in [0.15, 0.2) is 55.1 Å². The Morgan fingerprint density at radius 3 is 2.75 bits per heavy atom. The maximum atomic E-state index is 12.8. The van der Waals surface area contributed by atoms with Gasteiger partial charge in [-0.3, -0.25) is 4.98 Å². The van der Waals surface area contributed by atoms with Gasteiger partial charge in [-0.25, -0.2) is 9.37 Å². The number of nitriles is 1. The first kappa shape index (κ1) is 12.1. The first-order valence-corrected chi connectivity index (χ1v) is 5.93. The molecule has 3 aromatic rings. The third-order valence-corrected chi connectivity index (χ3v) is 2.85. The van der Waals surface area contributed by atoms with Gasteiger partial charge in [0.15, 0.2) is 0 Å². The molecule has 0 bridgehead atoms. The molecule has 0 aliphatic carbocycles. The zero-order valence-corrected chi connectivity index (χ0v) is 10.4. The van der Waals surface area contributed by atoms with E-state index in [-0.39, 0.29) is 5.82 Å². The predicted octanol–water partition coefficient (Wildman–Crippen LogP) is 2.95. The molecule has 2 heterocycles. The molecule has 0 N–H and O–H groups in total. The van der Waals surface area contributed by atoms with Gasteiger partial charge >= 0.3 is 0 Å². The fourth-order valence-electron chi connectivity index (χ4n) is 1.86. The van der Waals surface area contributed by atoms with Gasteiger partial charge in [0.2, 0.25) is 0 Å². The number of hydrogen-bond acceptors (Lipinski definition) is 3. The standard InChI is InChI=1S/C15H9FN4/c16-12-4-5-14(18-8-12)15-9-20(10-19-15)13-3-1-2-11(6-13)7-17/h1-6,8-10H. The maximum Gasteiger partial charge on any atom is 0.141 e. The van der Waals surface area contributed by atoms with E-state index in [0.717, 1.165) is 11.9 Å². The van der Waals surface area contributed by atoms with Gasteiger partial charge in [-0.05, 0) is 30.3 Å². The number of pyridine rings is 1. The Bertz CT molecular complexity index is 784. The molecule has 3 rings (SSSR count). The van der Waals surface area contributed by atoms with Crippen molar-refractivity contribution in [3.8, 4) is 23.1 Å². The minimum absolute atomic E-state index is 0.380. The molecule has 0 aliphatic rings. The highest BCUT2D eigenvalue weighted by molar-refractivity contribution is 5.54. The third-order valence-electron chi connectivity index (χ3n) is 2.85. The summed E-state index contributed by atoms with van der Waals surface area (Å²) in [6.07, 6.45) is 4.58. The van der Waals surface area contributed by atoms with Crippen LogP contribution in [0.1, 0.15) is 5.56 Å². The van der Waals surface area contributed by atoms with E-state index in [1.807, 2.05) is 12.1 Å². The van der Waals surface area contributed by atoms with E-state index in [0.29, 0.717) is 17.0 Å². The molecule has 0 saturated carbocycles. The van der Waals surface area contributed by atoms with Crippen LogP contribution in [0.4, 0.5) is 4.39 Å². The molecule has 0 fully saturated rings. The lowest BCUT2D eigenvalue weighted by Gasteiger charge is -2.01. The van der Waals surface area contributed by atoms with Crippen molar-refractivity contribution in [2.75, 3.05) is 0 Å². The highest BCUT2D eigenvalue weighted by Gasteiger charge is 2.05. The first-order valence-electron chi connectivity index (χ1n) is 5.93. The molecular formula is C15H9FN4. The Balaban J connectivity index is 1.97. The van der Waals surface area contributed by atoms with E-state index in [2.05, 4.69) is 16.0 Å². The first-order chi connectivity index (χ1) is 9.76. The fraction of sp³-hybridized carbons (Fsp3) is 0. The zero-order chi connectivity index (χ0) is 13.9. The van der Waals surface area contributed by atoms with Crippen molar-refractivity contribution in [2.24, 2.45) is 0 Å². The Kier molecular flexibility index (Phi) is 2.98. The van der Waals surface area contributed by atoms with Crippen LogP contribution < -0.4 is 0 Å². The second kappa shape index (κ2) is 4.94. The Labute approximate surface area is 114 Å². The molecule has 96 valence electrons. The van der Waals surface area contributed by atoms with Gasteiger partial charge in [0, 0.05) is 11.9 Å². The van der Waals surface area contributed by atoms with Crippen molar-refractivity contribution in [1.82, 2.24) is 14.5 Å². The normalized spacial score (nSPS) is 10.2. The summed E-state index contributed by atoms with van der Waals surface area (Å²) in [5.74, 6) is -0.380. The lowest BCUT2D eigenvalue weighted by atomic mass is 10.2. The van der Waals surface area contributed by atoms with Gasteiger partial charge < -0.3 is 4.57 Å². The molecule has 0 unspecified atom stereocenters. The molecule has 2 aromatic heterocycles. The van der Waals surface area contributed by atoms with Crippen molar-refractivity contribution in [3.63, 3.8) is 0 Å². The number of halogens is 1. The van der Waals surface area contributed by atoms with E-state index < -0.39 is 0 Å². The lowest BCUT2D eigenvalue weighted by molar-refractivity contribution is 0.622. The smallest absolute Gasteiger partial charge is 0.141 e. The fourth-order valence-corrected chi connectivity index (χ4v) is 1.86. The largest absolute Gasteiger partial charge is 0.306 e. The molecule has 0 amide bonds. The number of aromatic nitrogens is 3. The van der Waals surface area contributed by atoms with Crippen molar-refractivity contribution >= 4 is 0 Å². The maximum absolute atomic E-state index is 12.8. The molecule has 4 nitrogen and oxygen atoms in total. The van der Waals surface area contributed by atoms with E-state index in [9.17, 15) is 4.39 Å². The molecule has 1 aromatic carbocycles. The summed E-state index contributed by atoms with van der Waals surface area (Å²) in [5.41, 5.74) is 2.66. The van der Waals surface area contributed by atoms with Crippen molar-refractivity contribution in [2.45, 2.75) is 0 Å². The predicted molar refractivity (Wildman–Crippen MR) is 71.5 cm³/mol. The SMILES string of the molecule is N#Cc1cccc(-n2cnc(-c3ccc(F)cn3)c2)c1. The summed E-state index contributed by atoms with van der Waals surface area (Å²) in [4.78, 5) is 8.23. The van der Waals surface area contributed by atoms with Gasteiger partial charge in [-0.15, -0.1) is 0 Å². The molecule has 0 aliphatic heterocycles. The van der Waals surface area contributed by atoms with Crippen LogP contribution in [0.2, 0.25) is 0 Å². The van der Waals surface area contributed by atoms with Gasteiger partial charge in [0.25, 0.3) is 0 Å². The Morgan fingerprint density at radius 1 is 1.10 bits per heavy atom. The molecule has 0 spiro atoms. The van der Waals surface area contributed by atoms with Crippen LogP contribution in [-0.2, 0) is 0 Å². The quantitative estimate of drug-likeness (QED) is 0.715. The van der Waals surface area contributed by atoms with Gasteiger partial charge in [0.1, 0.15) is 11.5 Å². The van der Waals surface area contributed by atoms with Crippen molar-refractivity contribution in [3.05, 3.63) is 66.5 Å². The van der Waals surface area contributed by atoms with Gasteiger partial charge in [0.05, 0.1) is 29.9 Å². The topological polar surface area (TPSA) is 54.5 Å². The highest BCUT2D eigenvalue weighted by atomic mass is 19.1. The van der Waals surface area contributed by atoms with E-state index in [4.69, 9.17) is 5.26 Å². The van der Waals surface area contributed by atoms with Crippen LogP contribution in [0.5, 0.6) is 0 Å². The average Bonchev–Trinajstić information content (AvgIpc) is 2.98. The van der Waals surface area contributed by atoms with Crippen LogP contribution in [0, 0.1) is 17.1 Å². The highest BCUT2D eigenvalue weighted by Crippen LogP contribution is 2.17. The minimum Gasteiger partial charge on any atom is -0.306 e. The summed E-state index contributed by atoms with van der Waals surface area (Å²) in [6, 6.07) is 12.2. The lowest BCUT2D eigenvalue weighted by Crippen LogP contribution is -1.90. The van der Waals surface area contributed by atoms with Crippen molar-refractivity contribution in [1.29, 1.82) is 5.26 Å². The summed E-state index contributed by atoms with van der Waals surface area (Å²) >= 11 is 0. The summed E-state index contributed by atoms with van der Waals surface area (Å²) in [7, 11) is 0. The number of nitrogens with zero attached hydrogens (tertiary/aromatic N) is 4. The van der Waals surface area contributed by atoms with E-state index in [1.54, 1.807) is 35.3 Å². The molecule has 0 atom stereocenters. The number of imidazole rings is 1. The van der Waals surface area contributed by atoms with Crippen LogP contribution >= 0.6 is 0 Å². The van der Waals surface area contributed by atoms with Crippen LogP contribution in [0.3, 0.4) is 0 Å². The van der Waals surface area contributed by atoms with E-state index >= 15 is 0 Å². The number of hydrogen-bond donors (Lipinski definition) is 0. The summed E-state index contributed by atoms with van der Waals surface area (Å²) in [5, 5.41) is 8.90. The number of benzene rings is 1. The van der Waals surface area contributed by atoms with Gasteiger partial charge in [-0.1, -0.05) is 6.07 Å². The van der Waals surface area contributed by atoms with Crippen LogP contribution in [-0.4, -0.2) is 14.5 Å². The molecule has 0 saturated heterocycles. The second-order valence-electron chi connectivity index (χ2n) is 4.19. The Morgan fingerprint density at radius 2 is 2.00 bits per heavy atom. The van der Waals surface area contributed by atoms with Gasteiger partial charge in [-0.2, -0.15) is 5.26 Å². The second-order valence-corrected chi connectivity index (χ2v) is 4.19. The zero-order valence-electron chi connectivity index (χ0n) is 10.4. The molecule has 20 heavy (non-hydrogen) atoms. The monoisotopic (exact) mass is 264 g/mol. The molecular weight excluding hydrogens is 255 g/mol.